The van der Waals surface area contributed by atoms with Crippen LogP contribution in [0.5, 0.6) is 0 Å². The Morgan fingerprint density at radius 3 is 2.46 bits per heavy atom. The maximum atomic E-state index is 12.3. The summed E-state index contributed by atoms with van der Waals surface area (Å²) < 4.78 is 1.89. The van der Waals surface area contributed by atoms with Gasteiger partial charge in [0, 0.05) is 25.7 Å². The molecule has 4 rings (SSSR count). The van der Waals surface area contributed by atoms with Gasteiger partial charge in [-0.15, -0.1) is 0 Å². The number of carbonyl (C=O) groups is 3. The van der Waals surface area contributed by atoms with Gasteiger partial charge in [0.2, 0.25) is 5.91 Å². The SMILES string of the molecule is Cn1cnc2cc(NC(=O)CCN3C(=O)c4ccccc4C3=O)ccc21. The predicted octanol–water partition coefficient (Wildman–Crippen LogP) is 2.20. The molecule has 0 unspecified atom stereocenters. The summed E-state index contributed by atoms with van der Waals surface area (Å²) in [4.78, 5) is 42.2. The Balaban J connectivity index is 1.41. The van der Waals surface area contributed by atoms with Gasteiger partial charge in [-0.3, -0.25) is 19.3 Å². The minimum atomic E-state index is -0.353. The fourth-order valence-electron chi connectivity index (χ4n) is 3.09. The van der Waals surface area contributed by atoms with Crippen LogP contribution in [0, 0.1) is 0 Å². The molecule has 0 radical (unpaired) electrons. The molecule has 3 amide bonds. The van der Waals surface area contributed by atoms with Crippen molar-refractivity contribution in [3.05, 3.63) is 59.9 Å². The van der Waals surface area contributed by atoms with Crippen molar-refractivity contribution in [2.45, 2.75) is 6.42 Å². The smallest absolute Gasteiger partial charge is 0.261 e. The lowest BCUT2D eigenvalue weighted by molar-refractivity contribution is -0.116. The third kappa shape index (κ3) is 2.63. The Kier molecular flexibility index (Phi) is 3.76. The van der Waals surface area contributed by atoms with Crippen molar-refractivity contribution in [1.82, 2.24) is 14.5 Å². The van der Waals surface area contributed by atoms with Crippen molar-refractivity contribution in [3.8, 4) is 0 Å². The van der Waals surface area contributed by atoms with E-state index < -0.39 is 0 Å². The first kappa shape index (κ1) is 16.0. The molecule has 0 spiro atoms. The molecule has 7 nitrogen and oxygen atoms in total. The number of amides is 3. The van der Waals surface area contributed by atoms with Crippen LogP contribution in [0.25, 0.3) is 11.0 Å². The molecular formula is C19H16N4O3. The summed E-state index contributed by atoms with van der Waals surface area (Å²) in [7, 11) is 1.90. The van der Waals surface area contributed by atoms with E-state index in [1.165, 1.54) is 0 Å². The van der Waals surface area contributed by atoms with Crippen LogP contribution in [0.1, 0.15) is 27.1 Å². The average molecular weight is 348 g/mol. The van der Waals surface area contributed by atoms with Gasteiger partial charge >= 0.3 is 0 Å². The van der Waals surface area contributed by atoms with Crippen LogP contribution < -0.4 is 5.32 Å². The van der Waals surface area contributed by atoms with Gasteiger partial charge in [-0.05, 0) is 30.3 Å². The molecule has 130 valence electrons. The fraction of sp³-hybridized carbons (Fsp3) is 0.158. The number of hydrogen-bond acceptors (Lipinski definition) is 4. The first-order chi connectivity index (χ1) is 12.5. The number of nitrogens with zero attached hydrogens (tertiary/aromatic N) is 3. The summed E-state index contributed by atoms with van der Waals surface area (Å²) >= 11 is 0. The Morgan fingerprint density at radius 1 is 1.08 bits per heavy atom. The van der Waals surface area contributed by atoms with Gasteiger partial charge in [-0.25, -0.2) is 4.98 Å². The quantitative estimate of drug-likeness (QED) is 0.733. The number of benzene rings is 2. The molecule has 0 atom stereocenters. The molecule has 2 heterocycles. The molecule has 1 aliphatic rings. The molecule has 1 aromatic heterocycles. The van der Waals surface area contributed by atoms with Crippen molar-refractivity contribution < 1.29 is 14.4 Å². The Labute approximate surface area is 149 Å². The highest BCUT2D eigenvalue weighted by atomic mass is 16.2. The molecule has 1 N–H and O–H groups in total. The zero-order valence-corrected chi connectivity index (χ0v) is 14.1. The molecule has 0 aliphatic carbocycles. The summed E-state index contributed by atoms with van der Waals surface area (Å²) in [5.74, 6) is -0.974. The number of rotatable bonds is 4. The van der Waals surface area contributed by atoms with E-state index in [4.69, 9.17) is 0 Å². The molecule has 26 heavy (non-hydrogen) atoms. The van der Waals surface area contributed by atoms with Crippen molar-refractivity contribution in [3.63, 3.8) is 0 Å². The first-order valence-electron chi connectivity index (χ1n) is 8.21. The number of imidazole rings is 1. The number of nitrogens with one attached hydrogen (secondary N) is 1. The third-order valence-corrected chi connectivity index (χ3v) is 4.45. The van der Waals surface area contributed by atoms with Crippen LogP contribution >= 0.6 is 0 Å². The third-order valence-electron chi connectivity index (χ3n) is 4.45. The van der Waals surface area contributed by atoms with Crippen LogP contribution in [0.2, 0.25) is 0 Å². The van der Waals surface area contributed by atoms with E-state index in [9.17, 15) is 14.4 Å². The summed E-state index contributed by atoms with van der Waals surface area (Å²) in [6, 6.07) is 12.1. The van der Waals surface area contributed by atoms with E-state index in [0.29, 0.717) is 16.8 Å². The molecule has 0 fully saturated rings. The van der Waals surface area contributed by atoms with Gasteiger partial charge in [-0.2, -0.15) is 0 Å². The van der Waals surface area contributed by atoms with Crippen molar-refractivity contribution in [2.24, 2.45) is 7.05 Å². The van der Waals surface area contributed by atoms with E-state index in [0.717, 1.165) is 15.9 Å². The predicted molar refractivity (Wildman–Crippen MR) is 95.8 cm³/mol. The van der Waals surface area contributed by atoms with Crippen molar-refractivity contribution >= 4 is 34.4 Å². The van der Waals surface area contributed by atoms with Gasteiger partial charge in [0.05, 0.1) is 28.5 Å². The van der Waals surface area contributed by atoms with Gasteiger partial charge in [0.15, 0.2) is 0 Å². The second kappa shape index (κ2) is 6.11. The monoisotopic (exact) mass is 348 g/mol. The summed E-state index contributed by atoms with van der Waals surface area (Å²) in [5, 5.41) is 2.78. The fourth-order valence-corrected chi connectivity index (χ4v) is 3.09. The van der Waals surface area contributed by atoms with E-state index in [2.05, 4.69) is 10.3 Å². The van der Waals surface area contributed by atoms with Gasteiger partial charge in [0.25, 0.3) is 11.8 Å². The van der Waals surface area contributed by atoms with Crippen LogP contribution in [-0.4, -0.2) is 38.7 Å². The second-order valence-corrected chi connectivity index (χ2v) is 6.16. The normalized spacial score (nSPS) is 13.3. The second-order valence-electron chi connectivity index (χ2n) is 6.16. The van der Waals surface area contributed by atoms with Crippen LogP contribution in [0.4, 0.5) is 5.69 Å². The van der Waals surface area contributed by atoms with Gasteiger partial charge in [-0.1, -0.05) is 12.1 Å². The summed E-state index contributed by atoms with van der Waals surface area (Å²) in [6.07, 6.45) is 1.74. The summed E-state index contributed by atoms with van der Waals surface area (Å²) in [6.45, 7) is 0.0456. The Morgan fingerprint density at radius 2 is 1.77 bits per heavy atom. The van der Waals surface area contributed by atoms with Crippen LogP contribution in [0.3, 0.4) is 0 Å². The molecule has 2 aromatic carbocycles. The van der Waals surface area contributed by atoms with Crippen LogP contribution in [0.15, 0.2) is 48.8 Å². The van der Waals surface area contributed by atoms with Crippen molar-refractivity contribution in [2.75, 3.05) is 11.9 Å². The lowest BCUT2D eigenvalue weighted by atomic mass is 10.1. The highest BCUT2D eigenvalue weighted by Crippen LogP contribution is 2.23. The maximum absolute atomic E-state index is 12.3. The van der Waals surface area contributed by atoms with Gasteiger partial charge < -0.3 is 9.88 Å². The zero-order valence-electron chi connectivity index (χ0n) is 14.1. The lowest BCUT2D eigenvalue weighted by Gasteiger charge is -2.13. The Bertz CT molecular complexity index is 1020. The number of aromatic nitrogens is 2. The molecule has 3 aromatic rings. The van der Waals surface area contributed by atoms with Crippen molar-refractivity contribution in [1.29, 1.82) is 0 Å². The molecule has 1 aliphatic heterocycles. The highest BCUT2D eigenvalue weighted by molar-refractivity contribution is 6.21. The topological polar surface area (TPSA) is 84.3 Å². The zero-order chi connectivity index (χ0) is 18.3. The van der Waals surface area contributed by atoms with Gasteiger partial charge in [0.1, 0.15) is 0 Å². The molecule has 0 saturated heterocycles. The number of carbonyl (C=O) groups excluding carboxylic acids is 3. The molecule has 0 saturated carbocycles. The molecular weight excluding hydrogens is 332 g/mol. The van der Waals surface area contributed by atoms with E-state index in [-0.39, 0.29) is 30.7 Å². The van der Waals surface area contributed by atoms with Crippen LogP contribution in [-0.2, 0) is 11.8 Å². The minimum absolute atomic E-state index is 0.0335. The first-order valence-corrected chi connectivity index (χ1v) is 8.21. The standard InChI is InChI=1S/C19H16N4O3/c1-22-11-20-15-10-12(6-7-16(15)22)21-17(24)8-9-23-18(25)13-4-2-3-5-14(13)19(23)26/h2-7,10-11H,8-9H2,1H3,(H,21,24). The highest BCUT2D eigenvalue weighted by Gasteiger charge is 2.34. The van der Waals surface area contributed by atoms with E-state index in [1.807, 2.05) is 17.7 Å². The minimum Gasteiger partial charge on any atom is -0.334 e. The number of anilines is 1. The lowest BCUT2D eigenvalue weighted by Crippen LogP contribution is -2.32. The van der Waals surface area contributed by atoms with E-state index >= 15 is 0 Å². The molecule has 7 heteroatoms. The number of imide groups is 1. The maximum Gasteiger partial charge on any atom is 0.261 e. The van der Waals surface area contributed by atoms with E-state index in [1.54, 1.807) is 42.7 Å². The number of hydrogen-bond donors (Lipinski definition) is 1. The average Bonchev–Trinajstić information content (AvgIpc) is 3.12. The largest absolute Gasteiger partial charge is 0.334 e. The Hall–Kier alpha value is -3.48. The molecule has 0 bridgehead atoms. The number of aryl methyl sites for hydroxylation is 1. The summed E-state index contributed by atoms with van der Waals surface area (Å²) in [5.41, 5.74) is 3.15. The number of fused-ring (bicyclic) bond motifs is 2.